The summed E-state index contributed by atoms with van der Waals surface area (Å²) in [6, 6.07) is 105. The normalized spacial score (nSPS) is 12.1. The minimum Gasteiger partial charge on any atom is -0.454 e. The molecule has 15 aromatic carbocycles. The Morgan fingerprint density at radius 2 is 0.805 bits per heavy atom. The summed E-state index contributed by atoms with van der Waals surface area (Å²) in [5.41, 5.74) is 14.1. The van der Waals surface area contributed by atoms with Crippen molar-refractivity contribution >= 4 is 147 Å². The quantitative estimate of drug-likeness (QED) is 0.123. The average molecular weight is 1040 g/mol. The summed E-state index contributed by atoms with van der Waals surface area (Å²) in [5.74, 6) is 0. The van der Waals surface area contributed by atoms with E-state index in [0.29, 0.717) is 0 Å². The van der Waals surface area contributed by atoms with Crippen LogP contribution in [0.1, 0.15) is 0 Å². The molecule has 0 aliphatic carbocycles. The van der Waals surface area contributed by atoms with Crippen molar-refractivity contribution < 1.29 is 4.42 Å². The predicted octanol–water partition coefficient (Wildman–Crippen LogP) is 21.8. The summed E-state index contributed by atoms with van der Waals surface area (Å²) in [6.45, 7) is 0. The molecule has 0 N–H and O–H groups in total. The summed E-state index contributed by atoms with van der Waals surface area (Å²) >= 11 is 0. The van der Waals surface area contributed by atoms with Crippen LogP contribution in [0.2, 0.25) is 0 Å². The van der Waals surface area contributed by atoms with Crippen LogP contribution in [0, 0.1) is 0 Å². The largest absolute Gasteiger partial charge is 0.454 e. The van der Waals surface area contributed by atoms with Gasteiger partial charge in [-0.25, -0.2) is 0 Å². The molecule has 0 atom stereocenters. The Balaban J connectivity index is 0.962. The van der Waals surface area contributed by atoms with E-state index in [0.717, 1.165) is 77.9 Å². The fourth-order valence-electron chi connectivity index (χ4n) is 14.1. The van der Waals surface area contributed by atoms with E-state index in [1.165, 1.54) is 91.8 Å². The lowest BCUT2D eigenvalue weighted by atomic mass is 9.92. The molecule has 0 amide bonds. The monoisotopic (exact) mass is 1040 g/mol. The molecule has 18 rings (SSSR count). The maximum atomic E-state index is 7.51. The maximum Gasteiger partial charge on any atom is 0.160 e. The summed E-state index contributed by atoms with van der Waals surface area (Å²) in [6.07, 6.45) is 0. The highest BCUT2D eigenvalue weighted by Crippen LogP contribution is 2.51. The molecule has 0 aliphatic rings. The molecular formula is C78H47N3O. The van der Waals surface area contributed by atoms with Crippen LogP contribution in [0.5, 0.6) is 0 Å². The SMILES string of the molecule is c1ccc(N(c2ccccc2)c2ccc(-c3ccc4oc5c(c4c3)c3ccccc3c3c4ccc6c7ccccc7c7ccccc7c6c4n(-c4ccc6c(c4)c4ccccc4n6-c4ccccc4)c53)c3cc4ccccc4cc23)cc1. The van der Waals surface area contributed by atoms with E-state index in [4.69, 9.17) is 4.42 Å². The molecular weight excluding hydrogens is 995 g/mol. The van der Waals surface area contributed by atoms with Gasteiger partial charge in [0.05, 0.1) is 27.8 Å². The number of aromatic nitrogens is 2. The molecule has 0 unspecified atom stereocenters. The Hall–Kier alpha value is -10.9. The lowest BCUT2D eigenvalue weighted by molar-refractivity contribution is 0.671. The number of fused-ring (bicyclic) bond motifs is 22. The third-order valence-electron chi connectivity index (χ3n) is 17.6. The summed E-state index contributed by atoms with van der Waals surface area (Å²) < 4.78 is 12.5. The Morgan fingerprint density at radius 1 is 0.280 bits per heavy atom. The van der Waals surface area contributed by atoms with Crippen LogP contribution in [-0.4, -0.2) is 9.13 Å². The van der Waals surface area contributed by atoms with Crippen molar-refractivity contribution in [2.24, 2.45) is 0 Å². The van der Waals surface area contributed by atoms with Crippen molar-refractivity contribution in [3.8, 4) is 22.5 Å². The third-order valence-corrected chi connectivity index (χ3v) is 17.6. The molecule has 0 saturated carbocycles. The van der Waals surface area contributed by atoms with Gasteiger partial charge in [-0.3, -0.25) is 0 Å². The average Bonchev–Trinajstić information content (AvgIpc) is 2.13. The molecule has 0 spiro atoms. The standard InChI is InChI=1S/C78H47N3O/c1-4-22-51(23-5-1)79(52-24-6-2-7-25-52)70-42-40-55(65-44-48-20-10-11-21-49(48)45-66(65)70)50-36-43-72-68(46-50)75-62-34-17-16-33-61(62)74-64-39-38-63-58-30-13-12-28-56(58)57-29-14-15-32-60(57)73(63)76(64)81(77(74)78(75)82-72)54-37-41-71-67(47-54)59-31-18-19-35-69(59)80(71)53-26-8-3-9-27-53/h1-47H. The lowest BCUT2D eigenvalue weighted by Gasteiger charge is -2.27. The minimum atomic E-state index is 0.849. The smallest absolute Gasteiger partial charge is 0.160 e. The molecule has 0 saturated heterocycles. The first-order valence-corrected chi connectivity index (χ1v) is 28.2. The Labute approximate surface area is 470 Å². The zero-order valence-corrected chi connectivity index (χ0v) is 44.4. The fraction of sp³-hybridized carbons (Fsp3) is 0. The lowest BCUT2D eigenvalue weighted by Crippen LogP contribution is -2.10. The predicted molar refractivity (Wildman–Crippen MR) is 348 cm³/mol. The van der Waals surface area contributed by atoms with Crippen molar-refractivity contribution in [1.29, 1.82) is 0 Å². The van der Waals surface area contributed by atoms with Gasteiger partial charge in [0.2, 0.25) is 0 Å². The van der Waals surface area contributed by atoms with E-state index in [2.05, 4.69) is 299 Å². The Bertz CT molecular complexity index is 5620. The number of nitrogens with zero attached hydrogens (tertiary/aromatic N) is 3. The van der Waals surface area contributed by atoms with E-state index < -0.39 is 0 Å². The third kappa shape index (κ3) is 6.37. The first-order chi connectivity index (χ1) is 40.7. The number of anilines is 3. The molecule has 3 heterocycles. The number of para-hydroxylation sites is 4. The molecule has 4 heteroatoms. The number of hydrogen-bond donors (Lipinski definition) is 0. The summed E-state index contributed by atoms with van der Waals surface area (Å²) in [4.78, 5) is 2.39. The van der Waals surface area contributed by atoms with Gasteiger partial charge in [-0.1, -0.05) is 194 Å². The Kier molecular flexibility index (Phi) is 9.48. The van der Waals surface area contributed by atoms with E-state index in [-0.39, 0.29) is 0 Å². The van der Waals surface area contributed by atoms with Gasteiger partial charge in [-0.05, 0) is 156 Å². The Morgan fingerprint density at radius 3 is 1.50 bits per heavy atom. The van der Waals surface area contributed by atoms with E-state index in [9.17, 15) is 0 Å². The van der Waals surface area contributed by atoms with Gasteiger partial charge in [0.25, 0.3) is 0 Å². The second kappa shape index (κ2) is 17.3. The van der Waals surface area contributed by atoms with Crippen LogP contribution < -0.4 is 4.90 Å². The molecule has 0 bridgehead atoms. The van der Waals surface area contributed by atoms with Crippen LogP contribution in [0.4, 0.5) is 17.1 Å². The van der Waals surface area contributed by atoms with Gasteiger partial charge < -0.3 is 18.5 Å². The van der Waals surface area contributed by atoms with Gasteiger partial charge in [0, 0.05) is 65.8 Å². The molecule has 0 radical (unpaired) electrons. The van der Waals surface area contributed by atoms with Gasteiger partial charge in [0.1, 0.15) is 5.58 Å². The summed E-state index contributed by atoms with van der Waals surface area (Å²) in [7, 11) is 0. The highest BCUT2D eigenvalue weighted by molar-refractivity contribution is 6.40. The molecule has 380 valence electrons. The van der Waals surface area contributed by atoms with Crippen LogP contribution in [0.25, 0.3) is 153 Å². The fourth-order valence-corrected chi connectivity index (χ4v) is 14.1. The van der Waals surface area contributed by atoms with Crippen LogP contribution in [0.3, 0.4) is 0 Å². The number of hydrogen-bond acceptors (Lipinski definition) is 2. The minimum absolute atomic E-state index is 0.849. The van der Waals surface area contributed by atoms with Crippen LogP contribution >= 0.6 is 0 Å². The number of furan rings is 1. The second-order valence-electron chi connectivity index (χ2n) is 21.9. The van der Waals surface area contributed by atoms with Crippen LogP contribution in [-0.2, 0) is 0 Å². The molecule has 18 aromatic rings. The van der Waals surface area contributed by atoms with Crippen LogP contribution in [0.15, 0.2) is 290 Å². The topological polar surface area (TPSA) is 26.2 Å². The van der Waals surface area contributed by atoms with Gasteiger partial charge in [0.15, 0.2) is 5.58 Å². The van der Waals surface area contributed by atoms with E-state index in [1.807, 2.05) is 0 Å². The number of rotatable bonds is 6. The van der Waals surface area contributed by atoms with E-state index in [1.54, 1.807) is 0 Å². The zero-order chi connectivity index (χ0) is 53.6. The van der Waals surface area contributed by atoms with Gasteiger partial charge in [-0.2, -0.15) is 0 Å². The molecule has 3 aromatic heterocycles. The highest BCUT2D eigenvalue weighted by Gasteiger charge is 2.27. The van der Waals surface area contributed by atoms with Crippen molar-refractivity contribution in [3.05, 3.63) is 285 Å². The first kappa shape index (κ1) is 45.0. The first-order valence-electron chi connectivity index (χ1n) is 28.2. The maximum absolute atomic E-state index is 7.51. The molecule has 0 aliphatic heterocycles. The zero-order valence-electron chi connectivity index (χ0n) is 44.4. The van der Waals surface area contributed by atoms with Gasteiger partial charge >= 0.3 is 0 Å². The van der Waals surface area contributed by atoms with Gasteiger partial charge in [-0.15, -0.1) is 0 Å². The van der Waals surface area contributed by atoms with Crippen molar-refractivity contribution in [1.82, 2.24) is 9.13 Å². The van der Waals surface area contributed by atoms with E-state index >= 15 is 0 Å². The summed E-state index contributed by atoms with van der Waals surface area (Å²) in [5, 5.41) is 21.5. The molecule has 4 nitrogen and oxygen atoms in total. The van der Waals surface area contributed by atoms with Crippen molar-refractivity contribution in [3.63, 3.8) is 0 Å². The highest BCUT2D eigenvalue weighted by atomic mass is 16.3. The number of benzene rings is 15. The van der Waals surface area contributed by atoms with Crippen molar-refractivity contribution in [2.45, 2.75) is 0 Å². The molecule has 0 fully saturated rings. The molecule has 82 heavy (non-hydrogen) atoms. The second-order valence-corrected chi connectivity index (χ2v) is 21.9. The van der Waals surface area contributed by atoms with Crippen molar-refractivity contribution in [2.75, 3.05) is 4.90 Å².